The van der Waals surface area contributed by atoms with Crippen molar-refractivity contribution in [2.24, 2.45) is 5.92 Å². The number of hydrogen-bond acceptors (Lipinski definition) is 1. The van der Waals surface area contributed by atoms with Gasteiger partial charge < -0.3 is 5.32 Å². The van der Waals surface area contributed by atoms with E-state index in [1.54, 1.807) is 0 Å². The van der Waals surface area contributed by atoms with Gasteiger partial charge in [0.05, 0.1) is 0 Å². The molecule has 0 saturated heterocycles. The van der Waals surface area contributed by atoms with E-state index in [1.807, 2.05) is 0 Å². The molecule has 1 rings (SSSR count). The van der Waals surface area contributed by atoms with Crippen LogP contribution in [0.25, 0.3) is 0 Å². The monoisotopic (exact) mass is 261 g/mol. The number of aryl methyl sites for hydroxylation is 2. The number of hydrogen-bond donors (Lipinski definition) is 1. The summed E-state index contributed by atoms with van der Waals surface area (Å²) < 4.78 is 0. The first kappa shape index (κ1) is 16.2. The fraction of sp³-hybridized carbons (Fsp3) is 0.667. The normalized spacial score (nSPS) is 14.4. The van der Waals surface area contributed by atoms with Crippen LogP contribution in [0.5, 0.6) is 0 Å². The van der Waals surface area contributed by atoms with Crippen LogP contribution in [-0.4, -0.2) is 13.1 Å². The lowest BCUT2D eigenvalue weighted by atomic mass is 9.83. The molecule has 1 aromatic carbocycles. The Labute approximate surface area is 119 Å². The minimum atomic E-state index is 0.644. The van der Waals surface area contributed by atoms with E-state index in [0.717, 1.165) is 19.0 Å². The van der Waals surface area contributed by atoms with E-state index in [9.17, 15) is 0 Å². The Morgan fingerprint density at radius 2 is 1.79 bits per heavy atom. The first-order valence-corrected chi connectivity index (χ1v) is 7.88. The van der Waals surface area contributed by atoms with Crippen molar-refractivity contribution in [3.8, 4) is 0 Å². The predicted octanol–water partition coefficient (Wildman–Crippen LogP) is 4.82. The van der Waals surface area contributed by atoms with E-state index in [-0.39, 0.29) is 0 Å². The third kappa shape index (κ3) is 4.99. The summed E-state index contributed by atoms with van der Waals surface area (Å²) in [5, 5.41) is 3.61. The highest BCUT2D eigenvalue weighted by Crippen LogP contribution is 2.28. The molecular weight excluding hydrogens is 230 g/mol. The van der Waals surface area contributed by atoms with Crippen LogP contribution in [0, 0.1) is 19.8 Å². The van der Waals surface area contributed by atoms with Crippen molar-refractivity contribution in [1.82, 2.24) is 5.32 Å². The van der Waals surface area contributed by atoms with E-state index in [2.05, 4.69) is 58.1 Å². The molecule has 1 heteroatoms. The van der Waals surface area contributed by atoms with Crippen molar-refractivity contribution in [2.45, 2.75) is 59.8 Å². The molecule has 1 aromatic rings. The topological polar surface area (TPSA) is 12.0 Å². The quantitative estimate of drug-likeness (QED) is 0.661. The average molecular weight is 261 g/mol. The second-order valence-corrected chi connectivity index (χ2v) is 5.92. The van der Waals surface area contributed by atoms with Crippen LogP contribution in [0.15, 0.2) is 18.2 Å². The lowest BCUT2D eigenvalue weighted by molar-refractivity contribution is 0.404. The largest absolute Gasteiger partial charge is 0.316 e. The second kappa shape index (κ2) is 8.37. The summed E-state index contributed by atoms with van der Waals surface area (Å²) in [6, 6.07) is 6.99. The minimum absolute atomic E-state index is 0.644. The number of rotatable bonds is 8. The third-order valence-corrected chi connectivity index (χ3v) is 4.18. The lowest BCUT2D eigenvalue weighted by Gasteiger charge is -2.25. The van der Waals surface area contributed by atoms with E-state index in [0.29, 0.717) is 5.92 Å². The molecule has 0 amide bonds. The Hall–Kier alpha value is -0.820. The second-order valence-electron chi connectivity index (χ2n) is 5.92. The zero-order valence-corrected chi connectivity index (χ0v) is 13.4. The van der Waals surface area contributed by atoms with Gasteiger partial charge >= 0.3 is 0 Å². The van der Waals surface area contributed by atoms with Crippen molar-refractivity contribution in [3.05, 3.63) is 34.9 Å². The summed E-state index contributed by atoms with van der Waals surface area (Å²) in [7, 11) is 0. The van der Waals surface area contributed by atoms with E-state index in [4.69, 9.17) is 0 Å². The van der Waals surface area contributed by atoms with Crippen LogP contribution in [0.3, 0.4) is 0 Å². The van der Waals surface area contributed by atoms with Crippen LogP contribution < -0.4 is 5.32 Å². The molecule has 0 fully saturated rings. The molecule has 19 heavy (non-hydrogen) atoms. The summed E-state index contributed by atoms with van der Waals surface area (Å²) in [6.45, 7) is 13.6. The van der Waals surface area contributed by atoms with Crippen molar-refractivity contribution in [1.29, 1.82) is 0 Å². The highest BCUT2D eigenvalue weighted by atomic mass is 14.9. The molecule has 0 spiro atoms. The van der Waals surface area contributed by atoms with Crippen molar-refractivity contribution in [2.75, 3.05) is 13.1 Å². The maximum absolute atomic E-state index is 3.61. The molecule has 0 heterocycles. The van der Waals surface area contributed by atoms with Gasteiger partial charge in [-0.2, -0.15) is 0 Å². The van der Waals surface area contributed by atoms with Gasteiger partial charge in [-0.1, -0.05) is 51.8 Å². The molecule has 0 saturated carbocycles. The first-order chi connectivity index (χ1) is 9.10. The molecule has 0 aromatic heterocycles. The molecule has 0 aliphatic rings. The first-order valence-electron chi connectivity index (χ1n) is 7.88. The van der Waals surface area contributed by atoms with Gasteiger partial charge in [0.2, 0.25) is 0 Å². The molecule has 0 aliphatic heterocycles. The van der Waals surface area contributed by atoms with Gasteiger partial charge in [-0.3, -0.25) is 0 Å². The molecule has 2 unspecified atom stereocenters. The van der Waals surface area contributed by atoms with Crippen molar-refractivity contribution >= 4 is 0 Å². The van der Waals surface area contributed by atoms with Gasteiger partial charge in [-0.05, 0) is 55.3 Å². The molecule has 108 valence electrons. The highest BCUT2D eigenvalue weighted by Gasteiger charge is 2.18. The van der Waals surface area contributed by atoms with Gasteiger partial charge in [-0.25, -0.2) is 0 Å². The average Bonchev–Trinajstić information content (AvgIpc) is 2.38. The van der Waals surface area contributed by atoms with Crippen molar-refractivity contribution in [3.63, 3.8) is 0 Å². The summed E-state index contributed by atoms with van der Waals surface area (Å²) in [6.07, 6.45) is 3.80. The Morgan fingerprint density at radius 3 is 2.37 bits per heavy atom. The van der Waals surface area contributed by atoms with Crippen LogP contribution in [0.1, 0.15) is 62.6 Å². The van der Waals surface area contributed by atoms with Gasteiger partial charge in [0.25, 0.3) is 0 Å². The lowest BCUT2D eigenvalue weighted by Crippen LogP contribution is -2.26. The van der Waals surface area contributed by atoms with E-state index < -0.39 is 0 Å². The van der Waals surface area contributed by atoms with Gasteiger partial charge in [-0.15, -0.1) is 0 Å². The molecule has 0 aliphatic carbocycles. The Bertz CT molecular complexity index is 370. The maximum atomic E-state index is 3.61. The van der Waals surface area contributed by atoms with Crippen molar-refractivity contribution < 1.29 is 0 Å². The molecule has 2 atom stereocenters. The molecular formula is C18H31N. The number of benzene rings is 1. The predicted molar refractivity (Wildman–Crippen MR) is 85.9 cm³/mol. The Kier molecular flexibility index (Phi) is 7.15. The minimum Gasteiger partial charge on any atom is -0.316 e. The zero-order chi connectivity index (χ0) is 14.3. The van der Waals surface area contributed by atoms with Crippen LogP contribution in [-0.2, 0) is 0 Å². The number of nitrogens with one attached hydrogen (secondary N) is 1. The standard InChI is InChI=1S/C18H31N/c1-6-8-15(4)18(13-19-11-7-2)17-10-9-14(3)16(5)12-17/h9-10,12,15,18-19H,6-8,11,13H2,1-5H3. The van der Waals surface area contributed by atoms with Crippen LogP contribution in [0.2, 0.25) is 0 Å². The molecule has 1 N–H and O–H groups in total. The Balaban J connectivity index is 2.83. The summed E-state index contributed by atoms with van der Waals surface area (Å²) in [5.41, 5.74) is 4.32. The summed E-state index contributed by atoms with van der Waals surface area (Å²) in [4.78, 5) is 0. The summed E-state index contributed by atoms with van der Waals surface area (Å²) in [5.74, 6) is 1.39. The third-order valence-electron chi connectivity index (χ3n) is 4.18. The van der Waals surface area contributed by atoms with Crippen LogP contribution in [0.4, 0.5) is 0 Å². The van der Waals surface area contributed by atoms with E-state index >= 15 is 0 Å². The summed E-state index contributed by atoms with van der Waals surface area (Å²) >= 11 is 0. The van der Waals surface area contributed by atoms with E-state index in [1.165, 1.54) is 36.0 Å². The Morgan fingerprint density at radius 1 is 1.05 bits per heavy atom. The SMILES string of the molecule is CCCNCC(c1ccc(C)c(C)c1)C(C)CCC. The van der Waals surface area contributed by atoms with Gasteiger partial charge in [0, 0.05) is 6.54 Å². The zero-order valence-electron chi connectivity index (χ0n) is 13.4. The fourth-order valence-electron chi connectivity index (χ4n) is 2.73. The molecule has 0 radical (unpaired) electrons. The van der Waals surface area contributed by atoms with Gasteiger partial charge in [0.15, 0.2) is 0 Å². The van der Waals surface area contributed by atoms with Crippen LogP contribution >= 0.6 is 0 Å². The van der Waals surface area contributed by atoms with Gasteiger partial charge in [0.1, 0.15) is 0 Å². The fourth-order valence-corrected chi connectivity index (χ4v) is 2.73. The molecule has 1 nitrogen and oxygen atoms in total. The smallest absolute Gasteiger partial charge is 0.00227 e. The molecule has 0 bridgehead atoms. The highest BCUT2D eigenvalue weighted by molar-refractivity contribution is 5.32. The maximum Gasteiger partial charge on any atom is 0.00227 e.